The monoisotopic (exact) mass is 358 g/mol. The van der Waals surface area contributed by atoms with Gasteiger partial charge in [0, 0.05) is 17.0 Å². The van der Waals surface area contributed by atoms with E-state index < -0.39 is 0 Å². The number of thiazole rings is 1. The molecule has 3 rings (SSSR count). The number of methoxy groups -OCH3 is 2. The first-order chi connectivity index (χ1) is 12.1. The van der Waals surface area contributed by atoms with Crippen molar-refractivity contribution in [1.82, 2.24) is 10.3 Å². The van der Waals surface area contributed by atoms with Gasteiger partial charge in [-0.3, -0.25) is 4.79 Å². The predicted octanol–water partition coefficient (Wildman–Crippen LogP) is 3.66. The van der Waals surface area contributed by atoms with Crippen LogP contribution in [0.1, 0.15) is 20.9 Å². The van der Waals surface area contributed by atoms with Crippen LogP contribution in [-0.4, -0.2) is 25.1 Å². The van der Waals surface area contributed by atoms with Crippen molar-refractivity contribution in [3.05, 3.63) is 52.7 Å². The molecule has 2 aromatic heterocycles. The average Bonchev–Trinajstić information content (AvgIpc) is 3.28. The molecule has 6 nitrogen and oxygen atoms in total. The van der Waals surface area contributed by atoms with Crippen LogP contribution in [0.5, 0.6) is 11.5 Å². The maximum absolute atomic E-state index is 12.5. The fourth-order valence-corrected chi connectivity index (χ4v) is 3.34. The number of amides is 1. The summed E-state index contributed by atoms with van der Waals surface area (Å²) in [4.78, 5) is 17.7. The SMILES string of the molecule is COc1cccc(CNC(=O)c2nc(-c3ccco3)sc2C)c1OC. The van der Waals surface area contributed by atoms with Gasteiger partial charge in [-0.25, -0.2) is 4.98 Å². The number of hydrogen-bond donors (Lipinski definition) is 1. The lowest BCUT2D eigenvalue weighted by atomic mass is 10.2. The summed E-state index contributed by atoms with van der Waals surface area (Å²) in [5.74, 6) is 1.65. The predicted molar refractivity (Wildman–Crippen MR) is 95.3 cm³/mol. The molecule has 0 aliphatic carbocycles. The van der Waals surface area contributed by atoms with Crippen LogP contribution in [0.25, 0.3) is 10.8 Å². The van der Waals surface area contributed by atoms with Crippen molar-refractivity contribution in [3.8, 4) is 22.3 Å². The summed E-state index contributed by atoms with van der Waals surface area (Å²) in [7, 11) is 3.15. The normalized spacial score (nSPS) is 10.5. The Labute approximate surface area is 149 Å². The van der Waals surface area contributed by atoms with Gasteiger partial charge in [-0.2, -0.15) is 0 Å². The summed E-state index contributed by atoms with van der Waals surface area (Å²) in [6, 6.07) is 9.15. The number of para-hydroxylation sites is 1. The molecule has 0 unspecified atom stereocenters. The van der Waals surface area contributed by atoms with Gasteiger partial charge < -0.3 is 19.2 Å². The molecule has 1 aromatic carbocycles. The highest BCUT2D eigenvalue weighted by Crippen LogP contribution is 2.31. The summed E-state index contributed by atoms with van der Waals surface area (Å²) >= 11 is 1.43. The van der Waals surface area contributed by atoms with E-state index in [4.69, 9.17) is 13.9 Å². The summed E-state index contributed by atoms with van der Waals surface area (Å²) in [6.07, 6.45) is 1.58. The van der Waals surface area contributed by atoms with Gasteiger partial charge >= 0.3 is 0 Å². The molecule has 1 N–H and O–H groups in total. The van der Waals surface area contributed by atoms with Gasteiger partial charge in [-0.05, 0) is 25.1 Å². The standard InChI is InChI=1S/C18H18N2O4S/c1-11-15(20-18(25-11)14-8-5-9-24-14)17(21)19-10-12-6-4-7-13(22-2)16(12)23-3/h4-9H,10H2,1-3H3,(H,19,21). The molecule has 0 radical (unpaired) electrons. The van der Waals surface area contributed by atoms with Crippen LogP contribution < -0.4 is 14.8 Å². The molecule has 0 atom stereocenters. The molecular formula is C18H18N2O4S. The first kappa shape index (κ1) is 17.0. The van der Waals surface area contributed by atoms with Crippen molar-refractivity contribution in [2.75, 3.05) is 14.2 Å². The second-order valence-electron chi connectivity index (χ2n) is 5.24. The van der Waals surface area contributed by atoms with Crippen LogP contribution in [0.4, 0.5) is 0 Å². The number of ether oxygens (including phenoxy) is 2. The lowest BCUT2D eigenvalue weighted by molar-refractivity contribution is 0.0946. The summed E-state index contributed by atoms with van der Waals surface area (Å²) in [5.41, 5.74) is 1.23. The van der Waals surface area contributed by atoms with Gasteiger partial charge in [0.2, 0.25) is 0 Å². The van der Waals surface area contributed by atoms with E-state index in [1.165, 1.54) is 11.3 Å². The number of benzene rings is 1. The third kappa shape index (κ3) is 3.51. The fourth-order valence-electron chi connectivity index (χ4n) is 2.46. The summed E-state index contributed by atoms with van der Waals surface area (Å²) < 4.78 is 16.0. The van der Waals surface area contributed by atoms with Crippen molar-refractivity contribution < 1.29 is 18.7 Å². The maximum Gasteiger partial charge on any atom is 0.271 e. The quantitative estimate of drug-likeness (QED) is 0.728. The molecule has 0 aliphatic rings. The molecule has 0 fully saturated rings. The lowest BCUT2D eigenvalue weighted by Gasteiger charge is -2.12. The van der Waals surface area contributed by atoms with Gasteiger partial charge in [0.05, 0.1) is 20.5 Å². The largest absolute Gasteiger partial charge is 0.493 e. The highest BCUT2D eigenvalue weighted by atomic mass is 32.1. The van der Waals surface area contributed by atoms with Crippen molar-refractivity contribution >= 4 is 17.2 Å². The lowest BCUT2D eigenvalue weighted by Crippen LogP contribution is -2.24. The van der Waals surface area contributed by atoms with Gasteiger partial charge in [-0.1, -0.05) is 12.1 Å². The van der Waals surface area contributed by atoms with Gasteiger partial charge in [0.15, 0.2) is 22.3 Å². The number of nitrogens with one attached hydrogen (secondary N) is 1. The number of rotatable bonds is 6. The van der Waals surface area contributed by atoms with Crippen molar-refractivity contribution in [2.45, 2.75) is 13.5 Å². The minimum atomic E-state index is -0.239. The Morgan fingerprint density at radius 3 is 2.76 bits per heavy atom. The summed E-state index contributed by atoms with van der Waals surface area (Å²) in [6.45, 7) is 2.18. The van der Waals surface area contributed by atoms with Crippen LogP contribution in [-0.2, 0) is 6.54 Å². The van der Waals surface area contributed by atoms with Crippen molar-refractivity contribution in [3.63, 3.8) is 0 Å². The molecular weight excluding hydrogens is 340 g/mol. The van der Waals surface area contributed by atoms with E-state index in [0.717, 1.165) is 10.4 Å². The van der Waals surface area contributed by atoms with E-state index in [2.05, 4.69) is 10.3 Å². The maximum atomic E-state index is 12.5. The molecule has 2 heterocycles. The van der Waals surface area contributed by atoms with Gasteiger partial charge in [0.1, 0.15) is 5.69 Å². The van der Waals surface area contributed by atoms with E-state index in [9.17, 15) is 4.79 Å². The van der Waals surface area contributed by atoms with E-state index in [1.807, 2.05) is 31.2 Å². The highest BCUT2D eigenvalue weighted by molar-refractivity contribution is 7.15. The number of carbonyl (C=O) groups is 1. The average molecular weight is 358 g/mol. The Morgan fingerprint density at radius 2 is 2.08 bits per heavy atom. The van der Waals surface area contributed by atoms with E-state index in [1.54, 1.807) is 26.5 Å². The van der Waals surface area contributed by atoms with E-state index >= 15 is 0 Å². The fraction of sp³-hybridized carbons (Fsp3) is 0.222. The number of hydrogen-bond acceptors (Lipinski definition) is 6. The first-order valence-electron chi connectivity index (χ1n) is 7.63. The number of aryl methyl sites for hydroxylation is 1. The van der Waals surface area contributed by atoms with Gasteiger partial charge in [-0.15, -0.1) is 11.3 Å². The molecule has 25 heavy (non-hydrogen) atoms. The Hall–Kier alpha value is -2.80. The Balaban J connectivity index is 1.76. The first-order valence-corrected chi connectivity index (χ1v) is 8.45. The second-order valence-corrected chi connectivity index (χ2v) is 6.44. The van der Waals surface area contributed by atoms with Crippen LogP contribution in [0.2, 0.25) is 0 Å². The zero-order valence-electron chi connectivity index (χ0n) is 14.2. The third-order valence-corrected chi connectivity index (χ3v) is 4.65. The molecule has 0 aliphatic heterocycles. The molecule has 0 spiro atoms. The molecule has 130 valence electrons. The van der Waals surface area contributed by atoms with Crippen LogP contribution in [0, 0.1) is 6.92 Å². The highest BCUT2D eigenvalue weighted by Gasteiger charge is 2.18. The van der Waals surface area contributed by atoms with Crippen molar-refractivity contribution in [2.24, 2.45) is 0 Å². The van der Waals surface area contributed by atoms with E-state index in [0.29, 0.717) is 34.5 Å². The number of furan rings is 1. The van der Waals surface area contributed by atoms with Gasteiger partial charge in [0.25, 0.3) is 5.91 Å². The minimum absolute atomic E-state index is 0.239. The van der Waals surface area contributed by atoms with Crippen LogP contribution in [0.3, 0.4) is 0 Å². The summed E-state index contributed by atoms with van der Waals surface area (Å²) in [5, 5.41) is 3.57. The molecule has 0 saturated heterocycles. The topological polar surface area (TPSA) is 73.6 Å². The van der Waals surface area contributed by atoms with Crippen molar-refractivity contribution in [1.29, 1.82) is 0 Å². The zero-order chi connectivity index (χ0) is 17.8. The molecule has 1 amide bonds. The third-order valence-electron chi connectivity index (χ3n) is 3.67. The zero-order valence-corrected chi connectivity index (χ0v) is 15.0. The van der Waals surface area contributed by atoms with E-state index in [-0.39, 0.29) is 5.91 Å². The molecule has 0 saturated carbocycles. The minimum Gasteiger partial charge on any atom is -0.493 e. The Kier molecular flexibility index (Phi) is 5.04. The number of nitrogens with zero attached hydrogens (tertiary/aromatic N) is 1. The number of aromatic nitrogens is 1. The second kappa shape index (κ2) is 7.40. The molecule has 3 aromatic rings. The smallest absolute Gasteiger partial charge is 0.271 e. The van der Waals surface area contributed by atoms with Crippen LogP contribution >= 0.6 is 11.3 Å². The molecule has 0 bridgehead atoms. The number of carbonyl (C=O) groups excluding carboxylic acids is 1. The molecule has 7 heteroatoms. The Bertz CT molecular complexity index is 871. The Morgan fingerprint density at radius 1 is 1.24 bits per heavy atom. The van der Waals surface area contributed by atoms with Crippen LogP contribution in [0.15, 0.2) is 41.0 Å².